The maximum Gasteiger partial charge on any atom is 0.184 e. The number of nitrogens with zero attached hydrogens (tertiary/aromatic N) is 3. The molecule has 0 aliphatic heterocycles. The second-order valence-electron chi connectivity index (χ2n) is 4.15. The number of hydrogen-bond acceptors (Lipinski definition) is 3. The summed E-state index contributed by atoms with van der Waals surface area (Å²) in [6.07, 6.45) is 1.92. The summed E-state index contributed by atoms with van der Waals surface area (Å²) in [4.78, 5) is 0. The molecule has 5 heteroatoms. The van der Waals surface area contributed by atoms with Crippen molar-refractivity contribution < 1.29 is 0 Å². The highest BCUT2D eigenvalue weighted by Gasteiger charge is 2.12. The van der Waals surface area contributed by atoms with Gasteiger partial charge in [-0.05, 0) is 34.5 Å². The van der Waals surface area contributed by atoms with Gasteiger partial charge in [-0.3, -0.25) is 4.40 Å². The van der Waals surface area contributed by atoms with Gasteiger partial charge in [-0.15, -0.1) is 10.2 Å². The van der Waals surface area contributed by atoms with Gasteiger partial charge in [0.2, 0.25) is 0 Å². The predicted molar refractivity (Wildman–Crippen MR) is 75.3 cm³/mol. The number of halogens is 1. The third-order valence-electron chi connectivity index (χ3n) is 2.89. The summed E-state index contributed by atoms with van der Waals surface area (Å²) in [6.45, 7) is 2.05. The van der Waals surface area contributed by atoms with Gasteiger partial charge in [0.15, 0.2) is 11.5 Å². The van der Waals surface area contributed by atoms with E-state index in [1.165, 1.54) is 0 Å². The van der Waals surface area contributed by atoms with Crippen molar-refractivity contribution in [3.63, 3.8) is 0 Å². The molecule has 0 spiro atoms. The number of nitrogens with two attached hydrogens (primary N) is 1. The molecule has 18 heavy (non-hydrogen) atoms. The fraction of sp³-hybridized carbons (Fsp3) is 0.0769. The zero-order chi connectivity index (χ0) is 12.7. The molecule has 4 nitrogen and oxygen atoms in total. The fourth-order valence-corrected chi connectivity index (χ4v) is 2.44. The molecule has 2 heterocycles. The molecule has 0 unspecified atom stereocenters. The zero-order valence-corrected chi connectivity index (χ0v) is 11.3. The van der Waals surface area contributed by atoms with E-state index in [-0.39, 0.29) is 0 Å². The summed E-state index contributed by atoms with van der Waals surface area (Å²) in [7, 11) is 0. The van der Waals surface area contributed by atoms with Crippen molar-refractivity contribution in [2.45, 2.75) is 6.92 Å². The first-order chi connectivity index (χ1) is 8.66. The number of benzene rings is 1. The van der Waals surface area contributed by atoms with Crippen LogP contribution in [0.2, 0.25) is 0 Å². The number of aromatic nitrogens is 3. The van der Waals surface area contributed by atoms with Gasteiger partial charge in [0.25, 0.3) is 0 Å². The van der Waals surface area contributed by atoms with Crippen LogP contribution in [0.5, 0.6) is 0 Å². The average Bonchev–Trinajstić information content (AvgIpc) is 2.73. The first-order valence-corrected chi connectivity index (χ1v) is 6.32. The van der Waals surface area contributed by atoms with Gasteiger partial charge in [0.1, 0.15) is 0 Å². The molecule has 0 bridgehead atoms. The molecule has 0 radical (unpaired) electrons. The lowest BCUT2D eigenvalue weighted by atomic mass is 10.1. The third kappa shape index (κ3) is 1.67. The van der Waals surface area contributed by atoms with E-state index < -0.39 is 0 Å². The fourth-order valence-electron chi connectivity index (χ4n) is 1.99. The smallest absolute Gasteiger partial charge is 0.184 e. The van der Waals surface area contributed by atoms with Crippen LogP contribution in [-0.2, 0) is 0 Å². The van der Waals surface area contributed by atoms with E-state index in [0.717, 1.165) is 21.4 Å². The van der Waals surface area contributed by atoms with Gasteiger partial charge in [-0.25, -0.2) is 0 Å². The minimum Gasteiger partial charge on any atom is -0.396 e. The second kappa shape index (κ2) is 4.10. The summed E-state index contributed by atoms with van der Waals surface area (Å²) in [6, 6.07) is 9.91. The molecule has 3 rings (SSSR count). The van der Waals surface area contributed by atoms with Crippen LogP contribution < -0.4 is 5.73 Å². The molecular formula is C13H11BrN4. The van der Waals surface area contributed by atoms with Crippen LogP contribution in [0.3, 0.4) is 0 Å². The number of pyridine rings is 1. The van der Waals surface area contributed by atoms with Crippen LogP contribution in [0.25, 0.3) is 17.0 Å². The largest absolute Gasteiger partial charge is 0.396 e. The number of hydrogen-bond donors (Lipinski definition) is 1. The van der Waals surface area contributed by atoms with E-state index in [1.54, 1.807) is 0 Å². The van der Waals surface area contributed by atoms with Gasteiger partial charge in [-0.2, -0.15) is 0 Å². The normalized spacial score (nSPS) is 11.0. The number of fused-ring (bicyclic) bond motifs is 1. The number of nitrogen functional groups attached to an aromatic ring is 1. The molecule has 2 aromatic heterocycles. The highest BCUT2D eigenvalue weighted by atomic mass is 79.9. The van der Waals surface area contributed by atoms with Crippen molar-refractivity contribution in [3.8, 4) is 11.4 Å². The number of anilines is 1. The Balaban J connectivity index is 2.34. The summed E-state index contributed by atoms with van der Waals surface area (Å²) >= 11 is 3.44. The molecule has 0 amide bonds. The molecule has 0 atom stereocenters. The van der Waals surface area contributed by atoms with Gasteiger partial charge in [0, 0.05) is 16.2 Å². The molecule has 1 aromatic carbocycles. The maximum atomic E-state index is 5.93. The Kier molecular flexibility index (Phi) is 2.56. The van der Waals surface area contributed by atoms with Gasteiger partial charge in [0.05, 0.1) is 5.69 Å². The van der Waals surface area contributed by atoms with E-state index in [2.05, 4.69) is 39.1 Å². The standard InChI is InChI=1S/C13H11BrN4/c1-8-4-2-3-5-10(8)12-16-17-13-11(15)6-9(14)7-18(12)13/h2-7H,15H2,1H3. The van der Waals surface area contributed by atoms with Crippen LogP contribution in [0, 0.1) is 6.92 Å². The minimum absolute atomic E-state index is 0.608. The van der Waals surface area contributed by atoms with Crippen molar-refractivity contribution in [2.75, 3.05) is 5.73 Å². The lowest BCUT2D eigenvalue weighted by Gasteiger charge is -2.05. The molecular weight excluding hydrogens is 292 g/mol. The number of rotatable bonds is 1. The topological polar surface area (TPSA) is 56.2 Å². The van der Waals surface area contributed by atoms with E-state index in [4.69, 9.17) is 5.73 Å². The minimum atomic E-state index is 0.608. The molecule has 3 aromatic rings. The Labute approximate surface area is 113 Å². The SMILES string of the molecule is Cc1ccccc1-c1nnc2c(N)cc(Br)cn12. The van der Waals surface area contributed by atoms with Crippen LogP contribution in [0.1, 0.15) is 5.56 Å². The van der Waals surface area contributed by atoms with Gasteiger partial charge >= 0.3 is 0 Å². The zero-order valence-electron chi connectivity index (χ0n) is 9.76. The quantitative estimate of drug-likeness (QED) is 0.751. The van der Waals surface area contributed by atoms with Crippen molar-refractivity contribution in [1.29, 1.82) is 0 Å². The molecule has 0 aliphatic carbocycles. The van der Waals surface area contributed by atoms with E-state index in [0.29, 0.717) is 11.3 Å². The Morgan fingerprint density at radius 3 is 2.78 bits per heavy atom. The van der Waals surface area contributed by atoms with E-state index in [9.17, 15) is 0 Å². The lowest BCUT2D eigenvalue weighted by molar-refractivity contribution is 1.11. The van der Waals surface area contributed by atoms with Crippen LogP contribution in [0.15, 0.2) is 41.0 Å². The highest BCUT2D eigenvalue weighted by molar-refractivity contribution is 9.10. The maximum absolute atomic E-state index is 5.93. The second-order valence-corrected chi connectivity index (χ2v) is 5.06. The Morgan fingerprint density at radius 1 is 1.22 bits per heavy atom. The first-order valence-electron chi connectivity index (χ1n) is 5.52. The molecule has 0 aliphatic rings. The predicted octanol–water partition coefficient (Wildman–Crippen LogP) is 3.05. The van der Waals surface area contributed by atoms with Crippen molar-refractivity contribution in [2.24, 2.45) is 0 Å². The van der Waals surface area contributed by atoms with Crippen molar-refractivity contribution >= 4 is 27.3 Å². The van der Waals surface area contributed by atoms with E-state index >= 15 is 0 Å². The van der Waals surface area contributed by atoms with E-state index in [1.807, 2.05) is 34.9 Å². The summed E-state index contributed by atoms with van der Waals surface area (Å²) < 4.78 is 2.81. The van der Waals surface area contributed by atoms with Crippen molar-refractivity contribution in [1.82, 2.24) is 14.6 Å². The summed E-state index contributed by atoms with van der Waals surface area (Å²) in [5.74, 6) is 0.802. The third-order valence-corrected chi connectivity index (χ3v) is 3.32. The Hall–Kier alpha value is -1.88. The van der Waals surface area contributed by atoms with Crippen LogP contribution >= 0.6 is 15.9 Å². The molecule has 0 saturated carbocycles. The van der Waals surface area contributed by atoms with Crippen LogP contribution in [0.4, 0.5) is 5.69 Å². The van der Waals surface area contributed by atoms with Gasteiger partial charge < -0.3 is 5.73 Å². The van der Waals surface area contributed by atoms with Crippen molar-refractivity contribution in [3.05, 3.63) is 46.6 Å². The van der Waals surface area contributed by atoms with Gasteiger partial charge in [-0.1, -0.05) is 24.3 Å². The summed E-state index contributed by atoms with van der Waals surface area (Å²) in [5, 5.41) is 8.38. The molecule has 90 valence electrons. The first kappa shape index (κ1) is 11.2. The summed E-state index contributed by atoms with van der Waals surface area (Å²) in [5.41, 5.74) is 9.43. The molecule has 0 fully saturated rings. The Bertz CT molecular complexity index is 733. The molecule has 2 N–H and O–H groups in total. The highest BCUT2D eigenvalue weighted by Crippen LogP contribution is 2.26. The van der Waals surface area contributed by atoms with Crippen LogP contribution in [-0.4, -0.2) is 14.6 Å². The monoisotopic (exact) mass is 302 g/mol. The lowest BCUT2D eigenvalue weighted by Crippen LogP contribution is -1.95. The number of aryl methyl sites for hydroxylation is 1. The molecule has 0 saturated heterocycles. The Morgan fingerprint density at radius 2 is 2.00 bits per heavy atom. The average molecular weight is 303 g/mol.